The minimum absolute atomic E-state index is 0.0879. The molecule has 1 aliphatic rings. The van der Waals surface area contributed by atoms with Gasteiger partial charge in [-0.25, -0.2) is 4.79 Å². The number of carbonyl (C=O) groups is 2. The van der Waals surface area contributed by atoms with E-state index in [4.69, 9.17) is 14.2 Å². The number of methoxy groups -OCH3 is 2. The van der Waals surface area contributed by atoms with Crippen LogP contribution in [0.2, 0.25) is 0 Å². The Bertz CT molecular complexity index is 603. The van der Waals surface area contributed by atoms with Crippen molar-refractivity contribution in [2.45, 2.75) is 32.4 Å². The largest absolute Gasteiger partial charge is 0.493 e. The van der Waals surface area contributed by atoms with E-state index in [2.05, 4.69) is 5.32 Å². The van der Waals surface area contributed by atoms with Gasteiger partial charge in [0.25, 0.3) is 0 Å². The molecule has 1 N–H and O–H groups in total. The van der Waals surface area contributed by atoms with Crippen molar-refractivity contribution >= 4 is 12.0 Å². The first-order valence-electron chi connectivity index (χ1n) is 7.89. The molecule has 0 saturated carbocycles. The van der Waals surface area contributed by atoms with Crippen LogP contribution < -0.4 is 14.8 Å². The summed E-state index contributed by atoms with van der Waals surface area (Å²) in [5.41, 5.74) is 0.817. The number of hydrogen-bond donors (Lipinski definition) is 1. The summed E-state index contributed by atoms with van der Waals surface area (Å²) in [5.74, 6) is 1.06. The van der Waals surface area contributed by atoms with Crippen molar-refractivity contribution in [1.29, 1.82) is 0 Å². The quantitative estimate of drug-likeness (QED) is 0.818. The number of cyclic esters (lactones) is 1. The Kier molecular flexibility index (Phi) is 5.89. The number of amides is 2. The first-order chi connectivity index (χ1) is 11.4. The van der Waals surface area contributed by atoms with E-state index < -0.39 is 0 Å². The van der Waals surface area contributed by atoms with Gasteiger partial charge in [-0.1, -0.05) is 6.07 Å². The first-order valence-corrected chi connectivity index (χ1v) is 7.89. The molecule has 7 heteroatoms. The van der Waals surface area contributed by atoms with Crippen LogP contribution in [0.5, 0.6) is 11.5 Å². The summed E-state index contributed by atoms with van der Waals surface area (Å²) in [4.78, 5) is 25.4. The normalized spacial score (nSPS) is 17.0. The van der Waals surface area contributed by atoms with Crippen LogP contribution in [0, 0.1) is 0 Å². The second kappa shape index (κ2) is 7.90. The molecule has 1 atom stereocenters. The Morgan fingerprint density at radius 2 is 2.04 bits per heavy atom. The van der Waals surface area contributed by atoms with Gasteiger partial charge in [-0.15, -0.1) is 0 Å². The number of carbonyl (C=O) groups excluding carboxylic acids is 2. The molecule has 0 aliphatic carbocycles. The minimum atomic E-state index is -0.330. The molecule has 1 fully saturated rings. The Morgan fingerprint density at radius 3 is 2.62 bits per heavy atom. The smallest absolute Gasteiger partial charge is 0.410 e. The van der Waals surface area contributed by atoms with Gasteiger partial charge < -0.3 is 24.4 Å². The molecular weight excluding hydrogens is 312 g/mol. The van der Waals surface area contributed by atoms with Crippen molar-refractivity contribution < 1.29 is 23.8 Å². The molecule has 0 bridgehead atoms. The number of hydrogen-bond acceptors (Lipinski definition) is 5. The summed E-state index contributed by atoms with van der Waals surface area (Å²) in [6, 6.07) is 5.44. The van der Waals surface area contributed by atoms with Crippen LogP contribution in [0.25, 0.3) is 0 Å². The van der Waals surface area contributed by atoms with Crippen molar-refractivity contribution in [3.8, 4) is 11.5 Å². The molecule has 1 heterocycles. The van der Waals surface area contributed by atoms with Gasteiger partial charge >= 0.3 is 6.09 Å². The number of ether oxygens (including phenoxy) is 3. The van der Waals surface area contributed by atoms with Gasteiger partial charge in [-0.05, 0) is 31.5 Å². The van der Waals surface area contributed by atoms with Gasteiger partial charge in [0.15, 0.2) is 11.5 Å². The van der Waals surface area contributed by atoms with Crippen LogP contribution in [-0.4, -0.2) is 56.4 Å². The van der Waals surface area contributed by atoms with Crippen molar-refractivity contribution in [3.63, 3.8) is 0 Å². The molecule has 0 spiro atoms. The fourth-order valence-corrected chi connectivity index (χ4v) is 2.54. The maximum atomic E-state index is 12.1. The van der Waals surface area contributed by atoms with E-state index in [9.17, 15) is 9.59 Å². The minimum Gasteiger partial charge on any atom is -0.493 e. The monoisotopic (exact) mass is 336 g/mol. The van der Waals surface area contributed by atoms with Gasteiger partial charge in [0.05, 0.1) is 33.7 Å². The lowest BCUT2D eigenvalue weighted by Crippen LogP contribution is -2.36. The van der Waals surface area contributed by atoms with Crippen LogP contribution >= 0.6 is 0 Å². The summed E-state index contributed by atoms with van der Waals surface area (Å²) in [5, 5.41) is 2.80. The topological polar surface area (TPSA) is 77.1 Å². The highest BCUT2D eigenvalue weighted by atomic mass is 16.6. The van der Waals surface area contributed by atoms with E-state index in [0.29, 0.717) is 24.6 Å². The first kappa shape index (κ1) is 17.9. The van der Waals surface area contributed by atoms with E-state index >= 15 is 0 Å². The van der Waals surface area contributed by atoms with Crippen LogP contribution in [0.4, 0.5) is 4.79 Å². The van der Waals surface area contributed by atoms with Crippen LogP contribution in [0.15, 0.2) is 18.2 Å². The highest BCUT2D eigenvalue weighted by Crippen LogP contribution is 2.27. The number of nitrogens with zero attached hydrogens (tertiary/aromatic N) is 1. The predicted molar refractivity (Wildman–Crippen MR) is 88.4 cm³/mol. The molecule has 0 aromatic heterocycles. The van der Waals surface area contributed by atoms with E-state index in [1.165, 1.54) is 0 Å². The zero-order chi connectivity index (χ0) is 17.7. The maximum Gasteiger partial charge on any atom is 0.410 e. The van der Waals surface area contributed by atoms with E-state index in [1.807, 2.05) is 19.9 Å². The lowest BCUT2D eigenvalue weighted by atomic mass is 10.1. The Morgan fingerprint density at radius 1 is 1.33 bits per heavy atom. The van der Waals surface area contributed by atoms with Crippen LogP contribution in [0.1, 0.15) is 19.4 Å². The molecule has 1 unspecified atom stereocenters. The second-order valence-corrected chi connectivity index (χ2v) is 5.92. The maximum absolute atomic E-state index is 12.1. The third kappa shape index (κ3) is 4.31. The molecule has 1 aromatic rings. The summed E-state index contributed by atoms with van der Waals surface area (Å²) in [7, 11) is 3.12. The zero-order valence-electron chi connectivity index (χ0n) is 14.5. The molecule has 0 radical (unpaired) electrons. The molecular formula is C17H24N2O5. The Labute approximate surface area is 141 Å². The molecule has 1 saturated heterocycles. The number of benzene rings is 1. The summed E-state index contributed by atoms with van der Waals surface area (Å²) < 4.78 is 15.6. The van der Waals surface area contributed by atoms with Crippen LogP contribution in [-0.2, 0) is 16.0 Å². The molecule has 132 valence electrons. The highest BCUT2D eigenvalue weighted by molar-refractivity contribution is 5.79. The van der Waals surface area contributed by atoms with Gasteiger partial charge in [-0.2, -0.15) is 0 Å². The third-order valence-corrected chi connectivity index (χ3v) is 3.87. The van der Waals surface area contributed by atoms with E-state index in [-0.39, 0.29) is 30.6 Å². The Hall–Kier alpha value is -2.44. The second-order valence-electron chi connectivity index (χ2n) is 5.92. The van der Waals surface area contributed by atoms with E-state index in [1.54, 1.807) is 31.3 Å². The predicted octanol–water partition coefficient (Wildman–Crippen LogP) is 1.59. The summed E-state index contributed by atoms with van der Waals surface area (Å²) in [6.45, 7) is 4.66. The average Bonchev–Trinajstić information content (AvgIpc) is 2.94. The average molecular weight is 336 g/mol. The van der Waals surface area contributed by atoms with Crippen molar-refractivity contribution in [1.82, 2.24) is 10.2 Å². The highest BCUT2D eigenvalue weighted by Gasteiger charge is 2.32. The van der Waals surface area contributed by atoms with Gasteiger partial charge in [0.1, 0.15) is 6.10 Å². The van der Waals surface area contributed by atoms with E-state index in [0.717, 1.165) is 5.56 Å². The van der Waals surface area contributed by atoms with Gasteiger partial charge in [-0.3, -0.25) is 4.79 Å². The number of nitrogens with one attached hydrogen (secondary N) is 1. The molecule has 7 nitrogen and oxygen atoms in total. The zero-order valence-corrected chi connectivity index (χ0v) is 14.5. The lowest BCUT2D eigenvalue weighted by molar-refractivity contribution is -0.120. The number of rotatable bonds is 7. The van der Waals surface area contributed by atoms with Crippen LogP contribution in [0.3, 0.4) is 0 Å². The summed E-state index contributed by atoms with van der Waals surface area (Å²) in [6.07, 6.45) is -0.423. The fourth-order valence-electron chi connectivity index (χ4n) is 2.54. The molecule has 2 rings (SSSR count). The third-order valence-electron chi connectivity index (χ3n) is 3.87. The van der Waals surface area contributed by atoms with Gasteiger partial charge in [0.2, 0.25) is 5.91 Å². The lowest BCUT2D eigenvalue weighted by Gasteiger charge is -2.16. The Balaban J connectivity index is 1.85. The molecule has 2 amide bonds. The molecule has 1 aliphatic heterocycles. The van der Waals surface area contributed by atoms with Crippen molar-refractivity contribution in [2.75, 3.05) is 27.3 Å². The summed E-state index contributed by atoms with van der Waals surface area (Å²) >= 11 is 0. The molecule has 1 aromatic carbocycles. The molecule has 24 heavy (non-hydrogen) atoms. The standard InChI is InChI=1S/C17H24N2O5/c1-11(2)19-10-13(24-17(19)21)9-18-16(20)8-12-5-6-14(22-3)15(7-12)23-4/h5-7,11,13H,8-10H2,1-4H3,(H,18,20). The van der Waals surface area contributed by atoms with Crippen molar-refractivity contribution in [2.24, 2.45) is 0 Å². The van der Waals surface area contributed by atoms with Crippen molar-refractivity contribution in [3.05, 3.63) is 23.8 Å². The SMILES string of the molecule is COc1ccc(CC(=O)NCC2CN(C(C)C)C(=O)O2)cc1OC. The fraction of sp³-hybridized carbons (Fsp3) is 0.529. The van der Waals surface area contributed by atoms with Gasteiger partial charge in [0, 0.05) is 6.04 Å².